The Labute approximate surface area is 168 Å². The van der Waals surface area contributed by atoms with Crippen molar-refractivity contribution in [1.82, 2.24) is 4.90 Å². The van der Waals surface area contributed by atoms with Gasteiger partial charge in [0.15, 0.2) is 0 Å². The second-order valence-electron chi connectivity index (χ2n) is 6.69. The molecule has 0 aliphatic heterocycles. The number of aliphatic hydroxyl groups excluding tert-OH is 1. The topological polar surface area (TPSA) is 70.1 Å². The van der Waals surface area contributed by atoms with Crippen molar-refractivity contribution in [1.29, 1.82) is 0 Å². The van der Waals surface area contributed by atoms with Crippen LogP contribution in [0.3, 0.4) is 0 Å². The normalized spacial score (nSPS) is 12.8. The predicted octanol–water partition coefficient (Wildman–Crippen LogP) is 2.90. The average Bonchev–Trinajstić information content (AvgIpc) is 2.70. The van der Waals surface area contributed by atoms with Gasteiger partial charge in [-0.1, -0.05) is 31.5 Å². The van der Waals surface area contributed by atoms with E-state index < -0.39 is 16.1 Å². The molecule has 6 nitrogen and oxygen atoms in total. The molecule has 0 spiro atoms. The molecule has 1 N–H and O–H groups in total. The van der Waals surface area contributed by atoms with Crippen LogP contribution in [0.4, 0.5) is 5.69 Å². The van der Waals surface area contributed by atoms with Gasteiger partial charge in [0.2, 0.25) is 0 Å². The Balaban J connectivity index is 2.38. The molecule has 0 fully saturated rings. The highest BCUT2D eigenvalue weighted by Crippen LogP contribution is 2.26. The highest BCUT2D eigenvalue weighted by Gasteiger charge is 2.27. The Kier molecular flexibility index (Phi) is 7.86. The zero-order valence-corrected chi connectivity index (χ0v) is 17.8. The van der Waals surface area contributed by atoms with Crippen LogP contribution in [-0.4, -0.2) is 57.8 Å². The summed E-state index contributed by atoms with van der Waals surface area (Å²) in [7, 11) is -2.26. The second-order valence-corrected chi connectivity index (χ2v) is 8.55. The van der Waals surface area contributed by atoms with Crippen molar-refractivity contribution in [2.45, 2.75) is 31.8 Å². The molecule has 0 aliphatic carbocycles. The fourth-order valence-corrected chi connectivity index (χ4v) is 4.46. The Bertz CT molecular complexity index is 832. The summed E-state index contributed by atoms with van der Waals surface area (Å²) < 4.78 is 33.1. The molecular weight excluding hydrogens is 376 g/mol. The van der Waals surface area contributed by atoms with Crippen LogP contribution in [0.1, 0.15) is 19.4 Å². The summed E-state index contributed by atoms with van der Waals surface area (Å²) in [5.74, 6) is 0.639. The number of ether oxygens (including phenoxy) is 1. The van der Waals surface area contributed by atoms with Crippen LogP contribution in [0.2, 0.25) is 0 Å². The molecule has 154 valence electrons. The Morgan fingerprint density at radius 3 is 2.04 bits per heavy atom. The number of nitrogens with zero attached hydrogens (tertiary/aromatic N) is 2. The van der Waals surface area contributed by atoms with Crippen molar-refractivity contribution < 1.29 is 18.3 Å². The van der Waals surface area contributed by atoms with E-state index in [1.54, 1.807) is 55.6 Å². The molecule has 1 unspecified atom stereocenters. The van der Waals surface area contributed by atoms with Crippen molar-refractivity contribution in [3.63, 3.8) is 0 Å². The van der Waals surface area contributed by atoms with Crippen molar-refractivity contribution in [2.75, 3.05) is 37.6 Å². The number of anilines is 1. The predicted molar refractivity (Wildman–Crippen MR) is 112 cm³/mol. The van der Waals surface area contributed by atoms with E-state index in [2.05, 4.69) is 4.90 Å². The quantitative estimate of drug-likeness (QED) is 0.657. The summed E-state index contributed by atoms with van der Waals surface area (Å²) in [6, 6.07) is 13.5. The van der Waals surface area contributed by atoms with Gasteiger partial charge in [-0.2, -0.15) is 0 Å². The van der Waals surface area contributed by atoms with E-state index in [0.29, 0.717) is 18.0 Å². The molecule has 1 atom stereocenters. The minimum Gasteiger partial charge on any atom is -0.497 e. The van der Waals surface area contributed by atoms with Crippen LogP contribution >= 0.6 is 0 Å². The van der Waals surface area contributed by atoms with Gasteiger partial charge in [-0.05, 0) is 56.4 Å². The molecule has 0 aromatic heterocycles. The molecular formula is C21H30N2O4S. The molecule has 2 aromatic rings. The highest BCUT2D eigenvalue weighted by molar-refractivity contribution is 7.92. The van der Waals surface area contributed by atoms with Gasteiger partial charge in [0, 0.05) is 6.54 Å². The maximum atomic E-state index is 13.3. The number of rotatable bonds is 10. The number of aryl methyl sites for hydroxylation is 1. The zero-order chi connectivity index (χ0) is 20.7. The van der Waals surface area contributed by atoms with Crippen LogP contribution in [-0.2, 0) is 10.0 Å². The first-order valence-electron chi connectivity index (χ1n) is 9.45. The summed E-state index contributed by atoms with van der Waals surface area (Å²) in [6.07, 6.45) is -0.817. The molecule has 2 aromatic carbocycles. The van der Waals surface area contributed by atoms with E-state index in [9.17, 15) is 13.5 Å². The highest BCUT2D eigenvalue weighted by atomic mass is 32.2. The number of hydrogen-bond acceptors (Lipinski definition) is 5. The van der Waals surface area contributed by atoms with Gasteiger partial charge in [0.25, 0.3) is 10.0 Å². The third-order valence-electron chi connectivity index (χ3n) is 4.71. The van der Waals surface area contributed by atoms with Crippen molar-refractivity contribution in [3.05, 3.63) is 54.1 Å². The Morgan fingerprint density at radius 2 is 1.54 bits per heavy atom. The van der Waals surface area contributed by atoms with Gasteiger partial charge in [0.1, 0.15) is 5.75 Å². The van der Waals surface area contributed by atoms with E-state index in [-0.39, 0.29) is 11.4 Å². The lowest BCUT2D eigenvalue weighted by Crippen LogP contribution is -2.43. The van der Waals surface area contributed by atoms with E-state index in [1.165, 1.54) is 4.31 Å². The monoisotopic (exact) mass is 406 g/mol. The molecule has 0 radical (unpaired) electrons. The summed E-state index contributed by atoms with van der Waals surface area (Å²) >= 11 is 0. The van der Waals surface area contributed by atoms with Crippen molar-refractivity contribution >= 4 is 15.7 Å². The number of likely N-dealkylation sites (N-methyl/N-ethyl adjacent to an activating group) is 1. The number of methoxy groups -OCH3 is 1. The summed E-state index contributed by atoms with van der Waals surface area (Å²) in [6.45, 7) is 7.90. The smallest absolute Gasteiger partial charge is 0.264 e. The van der Waals surface area contributed by atoms with Gasteiger partial charge < -0.3 is 14.7 Å². The maximum Gasteiger partial charge on any atom is 0.264 e. The van der Waals surface area contributed by atoms with Crippen LogP contribution in [0.25, 0.3) is 0 Å². The van der Waals surface area contributed by atoms with Gasteiger partial charge in [-0.3, -0.25) is 4.31 Å². The first-order chi connectivity index (χ1) is 13.3. The Hall–Kier alpha value is -2.09. The zero-order valence-electron chi connectivity index (χ0n) is 17.0. The first-order valence-corrected chi connectivity index (χ1v) is 10.9. The Morgan fingerprint density at radius 1 is 0.964 bits per heavy atom. The van der Waals surface area contributed by atoms with Crippen molar-refractivity contribution in [2.24, 2.45) is 0 Å². The molecule has 0 saturated heterocycles. The largest absolute Gasteiger partial charge is 0.497 e. The molecule has 0 aliphatic rings. The van der Waals surface area contributed by atoms with E-state index in [1.807, 2.05) is 20.8 Å². The van der Waals surface area contributed by atoms with Gasteiger partial charge in [-0.15, -0.1) is 0 Å². The van der Waals surface area contributed by atoms with Gasteiger partial charge >= 0.3 is 0 Å². The van der Waals surface area contributed by atoms with Crippen LogP contribution in [0.5, 0.6) is 5.75 Å². The third kappa shape index (κ3) is 5.47. The third-order valence-corrected chi connectivity index (χ3v) is 6.52. The van der Waals surface area contributed by atoms with Crippen LogP contribution < -0.4 is 9.04 Å². The molecule has 0 bridgehead atoms. The lowest BCUT2D eigenvalue weighted by molar-refractivity contribution is 0.125. The van der Waals surface area contributed by atoms with E-state index >= 15 is 0 Å². The number of benzene rings is 2. The SMILES string of the molecule is CCN(CC)CC(O)CN(c1ccc(OC)cc1)S(=O)(=O)c1ccc(C)cc1. The summed E-state index contributed by atoms with van der Waals surface area (Å²) in [5.41, 5.74) is 1.47. The lowest BCUT2D eigenvalue weighted by atomic mass is 10.2. The second kappa shape index (κ2) is 9.91. The number of sulfonamides is 1. The number of hydrogen-bond donors (Lipinski definition) is 1. The number of aliphatic hydroxyl groups is 1. The van der Waals surface area contributed by atoms with Gasteiger partial charge in [0.05, 0.1) is 30.3 Å². The molecule has 28 heavy (non-hydrogen) atoms. The molecule has 2 rings (SSSR count). The maximum absolute atomic E-state index is 13.3. The molecule has 0 heterocycles. The average molecular weight is 407 g/mol. The minimum absolute atomic E-state index is 0.0287. The fraction of sp³-hybridized carbons (Fsp3) is 0.429. The minimum atomic E-state index is -3.82. The standard InChI is InChI=1S/C21H30N2O4S/c1-5-22(6-2)15-19(24)16-23(18-9-11-20(27-4)12-10-18)28(25,26)21-13-7-17(3)8-14-21/h7-14,19,24H,5-6,15-16H2,1-4H3. The summed E-state index contributed by atoms with van der Waals surface area (Å²) in [5, 5.41) is 10.6. The van der Waals surface area contributed by atoms with E-state index in [4.69, 9.17) is 4.74 Å². The molecule has 7 heteroatoms. The molecule has 0 amide bonds. The van der Waals surface area contributed by atoms with Gasteiger partial charge in [-0.25, -0.2) is 8.42 Å². The molecule has 0 saturated carbocycles. The first kappa shape index (κ1) is 22.2. The van der Waals surface area contributed by atoms with E-state index in [0.717, 1.165) is 18.7 Å². The van der Waals surface area contributed by atoms with Crippen LogP contribution in [0, 0.1) is 6.92 Å². The van der Waals surface area contributed by atoms with Crippen molar-refractivity contribution in [3.8, 4) is 5.75 Å². The lowest BCUT2D eigenvalue weighted by Gasteiger charge is -2.29. The van der Waals surface area contributed by atoms with Crippen LogP contribution in [0.15, 0.2) is 53.4 Å². The summed E-state index contributed by atoms with van der Waals surface area (Å²) in [4.78, 5) is 2.26. The fourth-order valence-electron chi connectivity index (χ4n) is 2.96.